The van der Waals surface area contributed by atoms with Crippen LogP contribution >= 0.6 is 0 Å². The van der Waals surface area contributed by atoms with Crippen LogP contribution in [0.4, 0.5) is 4.79 Å². The normalized spacial score (nSPS) is 13.5. The SMILES string of the molecule is CC#CCC(NC(=O)OCC1c2ccccc2-c2ccccc21)C(=O)NCCCC(C)C(=O)O. The minimum Gasteiger partial charge on any atom is -0.481 e. The molecular formula is C27H30N2O5. The van der Waals surface area contributed by atoms with E-state index in [-0.39, 0.29) is 24.9 Å². The van der Waals surface area contributed by atoms with Crippen LogP contribution in [0.5, 0.6) is 0 Å². The molecular weight excluding hydrogens is 432 g/mol. The van der Waals surface area contributed by atoms with Gasteiger partial charge in [0, 0.05) is 18.9 Å². The number of fused-ring (bicyclic) bond motifs is 3. The molecule has 3 N–H and O–H groups in total. The van der Waals surface area contributed by atoms with Crippen molar-refractivity contribution < 1.29 is 24.2 Å². The number of aliphatic carboxylic acids is 1. The third kappa shape index (κ3) is 6.16. The molecule has 0 bridgehead atoms. The fourth-order valence-electron chi connectivity index (χ4n) is 4.06. The first kappa shape index (κ1) is 24.8. The highest BCUT2D eigenvalue weighted by atomic mass is 16.5. The van der Waals surface area contributed by atoms with E-state index in [0.29, 0.717) is 19.4 Å². The fraction of sp³-hybridized carbons (Fsp3) is 0.370. The van der Waals surface area contributed by atoms with Gasteiger partial charge in [0.25, 0.3) is 0 Å². The van der Waals surface area contributed by atoms with Crippen molar-refractivity contribution in [1.29, 1.82) is 0 Å². The highest BCUT2D eigenvalue weighted by Crippen LogP contribution is 2.44. The Hall–Kier alpha value is -3.79. The van der Waals surface area contributed by atoms with E-state index < -0.39 is 24.0 Å². The molecule has 0 fully saturated rings. The zero-order valence-electron chi connectivity index (χ0n) is 19.5. The molecule has 1 aliphatic rings. The van der Waals surface area contributed by atoms with Gasteiger partial charge in [-0.25, -0.2) is 4.79 Å². The third-order valence-corrected chi connectivity index (χ3v) is 5.97. The second-order valence-corrected chi connectivity index (χ2v) is 8.33. The van der Waals surface area contributed by atoms with Crippen LogP contribution in [0.3, 0.4) is 0 Å². The molecule has 0 radical (unpaired) electrons. The van der Waals surface area contributed by atoms with E-state index in [0.717, 1.165) is 22.3 Å². The van der Waals surface area contributed by atoms with Gasteiger partial charge in [-0.15, -0.1) is 11.8 Å². The lowest BCUT2D eigenvalue weighted by molar-refractivity contribution is -0.141. The third-order valence-electron chi connectivity index (χ3n) is 5.97. The number of carboxylic acid groups (broad SMARTS) is 1. The lowest BCUT2D eigenvalue weighted by atomic mass is 9.98. The van der Waals surface area contributed by atoms with Crippen LogP contribution in [0.15, 0.2) is 48.5 Å². The van der Waals surface area contributed by atoms with Gasteiger partial charge in [0.05, 0.1) is 5.92 Å². The number of ether oxygens (including phenoxy) is 1. The van der Waals surface area contributed by atoms with E-state index in [1.54, 1.807) is 13.8 Å². The molecule has 0 aromatic heterocycles. The lowest BCUT2D eigenvalue weighted by Crippen LogP contribution is -2.47. The van der Waals surface area contributed by atoms with Crippen molar-refractivity contribution in [3.8, 4) is 23.0 Å². The van der Waals surface area contributed by atoms with Gasteiger partial charge >= 0.3 is 12.1 Å². The second-order valence-electron chi connectivity index (χ2n) is 8.33. The van der Waals surface area contributed by atoms with E-state index >= 15 is 0 Å². The first-order valence-corrected chi connectivity index (χ1v) is 11.4. The zero-order chi connectivity index (χ0) is 24.5. The van der Waals surface area contributed by atoms with Crippen molar-refractivity contribution in [2.24, 2.45) is 5.92 Å². The predicted octanol–water partition coefficient (Wildman–Crippen LogP) is 3.92. The van der Waals surface area contributed by atoms with Gasteiger partial charge in [0.2, 0.25) is 5.91 Å². The highest BCUT2D eigenvalue weighted by Gasteiger charge is 2.29. The quantitative estimate of drug-likeness (QED) is 0.367. The Balaban J connectivity index is 1.56. The Morgan fingerprint density at radius 1 is 1.06 bits per heavy atom. The Labute approximate surface area is 199 Å². The fourth-order valence-corrected chi connectivity index (χ4v) is 4.06. The average molecular weight is 463 g/mol. The van der Waals surface area contributed by atoms with E-state index in [4.69, 9.17) is 9.84 Å². The van der Waals surface area contributed by atoms with Crippen molar-refractivity contribution in [2.75, 3.05) is 13.2 Å². The molecule has 0 heterocycles. The molecule has 7 nitrogen and oxygen atoms in total. The van der Waals surface area contributed by atoms with Crippen LogP contribution in [0.2, 0.25) is 0 Å². The minimum absolute atomic E-state index is 0.0721. The van der Waals surface area contributed by atoms with Crippen molar-refractivity contribution in [3.05, 3.63) is 59.7 Å². The van der Waals surface area contributed by atoms with Crippen LogP contribution in [-0.4, -0.2) is 42.3 Å². The number of nitrogens with one attached hydrogen (secondary N) is 2. The van der Waals surface area contributed by atoms with Crippen LogP contribution in [0.25, 0.3) is 11.1 Å². The summed E-state index contributed by atoms with van der Waals surface area (Å²) in [6.07, 6.45) is 0.447. The number of hydrogen-bond acceptors (Lipinski definition) is 4. The number of carbonyl (C=O) groups excluding carboxylic acids is 2. The number of alkyl carbamates (subject to hydrolysis) is 1. The maximum atomic E-state index is 12.6. The molecule has 0 aliphatic heterocycles. The second kappa shape index (κ2) is 11.9. The number of carbonyl (C=O) groups is 3. The minimum atomic E-state index is -0.862. The molecule has 1 aliphatic carbocycles. The molecule has 0 saturated heterocycles. The predicted molar refractivity (Wildman–Crippen MR) is 129 cm³/mol. The summed E-state index contributed by atoms with van der Waals surface area (Å²) in [6, 6.07) is 15.3. The van der Waals surface area contributed by atoms with Crippen LogP contribution in [0.1, 0.15) is 50.2 Å². The number of hydrogen-bond donors (Lipinski definition) is 3. The highest BCUT2D eigenvalue weighted by molar-refractivity contribution is 5.86. The molecule has 2 atom stereocenters. The maximum Gasteiger partial charge on any atom is 0.407 e. The van der Waals surface area contributed by atoms with Crippen molar-refractivity contribution in [3.63, 3.8) is 0 Å². The summed E-state index contributed by atoms with van der Waals surface area (Å²) in [5, 5.41) is 14.3. The largest absolute Gasteiger partial charge is 0.481 e. The summed E-state index contributed by atoms with van der Waals surface area (Å²) in [5.74, 6) is 3.77. The van der Waals surface area contributed by atoms with E-state index in [2.05, 4.69) is 34.6 Å². The first-order chi connectivity index (χ1) is 16.4. The molecule has 3 rings (SSSR count). The topological polar surface area (TPSA) is 105 Å². The van der Waals surface area contributed by atoms with Crippen molar-refractivity contribution in [1.82, 2.24) is 10.6 Å². The van der Waals surface area contributed by atoms with Gasteiger partial charge in [-0.1, -0.05) is 55.5 Å². The van der Waals surface area contributed by atoms with Crippen LogP contribution < -0.4 is 10.6 Å². The molecule has 34 heavy (non-hydrogen) atoms. The number of amides is 2. The summed E-state index contributed by atoms with van der Waals surface area (Å²) in [6.45, 7) is 3.76. The molecule has 178 valence electrons. The summed E-state index contributed by atoms with van der Waals surface area (Å²) in [5.41, 5.74) is 4.50. The number of benzene rings is 2. The summed E-state index contributed by atoms with van der Waals surface area (Å²) < 4.78 is 5.54. The van der Waals surface area contributed by atoms with Gasteiger partial charge < -0.3 is 20.5 Å². The smallest absolute Gasteiger partial charge is 0.407 e. The number of rotatable bonds is 10. The van der Waals surface area contributed by atoms with E-state index in [9.17, 15) is 14.4 Å². The van der Waals surface area contributed by atoms with Crippen molar-refractivity contribution in [2.45, 2.75) is 45.1 Å². The van der Waals surface area contributed by atoms with E-state index in [1.807, 2.05) is 36.4 Å². The maximum absolute atomic E-state index is 12.6. The molecule has 2 aromatic rings. The lowest BCUT2D eigenvalue weighted by Gasteiger charge is -2.18. The Morgan fingerprint density at radius 2 is 1.68 bits per heavy atom. The molecule has 0 saturated carbocycles. The monoisotopic (exact) mass is 462 g/mol. The zero-order valence-corrected chi connectivity index (χ0v) is 19.5. The van der Waals surface area contributed by atoms with E-state index in [1.165, 1.54) is 0 Å². The van der Waals surface area contributed by atoms with Gasteiger partial charge in [-0.2, -0.15) is 0 Å². The van der Waals surface area contributed by atoms with Gasteiger partial charge in [0.1, 0.15) is 12.6 Å². The van der Waals surface area contributed by atoms with Gasteiger partial charge in [-0.3, -0.25) is 9.59 Å². The van der Waals surface area contributed by atoms with Crippen molar-refractivity contribution >= 4 is 18.0 Å². The standard InChI is InChI=1S/C27H30N2O5/c1-3-4-15-24(25(30)28-16-9-10-18(2)26(31)32)29-27(33)34-17-23-21-13-7-5-11-19(21)20-12-6-8-14-22(20)23/h5-8,11-14,18,23-24H,9-10,15-17H2,1-2H3,(H,28,30)(H,29,33)(H,31,32). The van der Waals surface area contributed by atoms with Gasteiger partial charge in [0.15, 0.2) is 0 Å². The van der Waals surface area contributed by atoms with Gasteiger partial charge in [-0.05, 0) is 42.0 Å². The molecule has 2 unspecified atom stereocenters. The summed E-state index contributed by atoms with van der Waals surface area (Å²) in [4.78, 5) is 36.1. The average Bonchev–Trinajstić information content (AvgIpc) is 3.16. The van der Waals surface area contributed by atoms with Crippen LogP contribution in [-0.2, 0) is 14.3 Å². The summed E-state index contributed by atoms with van der Waals surface area (Å²) >= 11 is 0. The molecule has 2 aromatic carbocycles. The Bertz CT molecular complexity index is 1060. The molecule has 0 spiro atoms. The Kier molecular flexibility index (Phi) is 8.69. The first-order valence-electron chi connectivity index (χ1n) is 11.4. The Morgan fingerprint density at radius 3 is 2.26 bits per heavy atom. The molecule has 2 amide bonds. The molecule has 7 heteroatoms. The number of carboxylic acids is 1. The summed E-state index contributed by atoms with van der Waals surface area (Å²) in [7, 11) is 0. The van der Waals surface area contributed by atoms with Crippen LogP contribution in [0, 0.1) is 17.8 Å².